The van der Waals surface area contributed by atoms with Gasteiger partial charge in [0.25, 0.3) is 0 Å². The van der Waals surface area contributed by atoms with Gasteiger partial charge in [0.15, 0.2) is 5.69 Å². The molecule has 0 N–H and O–H groups in total. The van der Waals surface area contributed by atoms with Gasteiger partial charge in [0.2, 0.25) is 0 Å². The summed E-state index contributed by atoms with van der Waals surface area (Å²) < 4.78 is 8.18. The molecule has 0 aliphatic rings. The number of methoxy groups -OCH3 is 1. The molecule has 5 nitrogen and oxygen atoms in total. The molecule has 0 radical (unpaired) electrons. The Morgan fingerprint density at radius 1 is 0.525 bits per heavy atom. The van der Waals surface area contributed by atoms with Crippen LogP contribution in [0.5, 0.6) is 5.75 Å². The van der Waals surface area contributed by atoms with Gasteiger partial charge in [-0.05, 0) is 99.3 Å². The Morgan fingerprint density at radius 2 is 1.13 bits per heavy atom. The second kappa shape index (κ2) is 15.4. The van der Waals surface area contributed by atoms with Crippen LogP contribution < -0.4 is 4.74 Å². The number of pyridine rings is 2. The van der Waals surface area contributed by atoms with Crippen LogP contribution in [-0.4, -0.2) is 21.6 Å². The monoisotopic (exact) mass is 792 g/mol. The maximum absolute atomic E-state index is 7.51. The number of aromatic nitrogens is 3. The lowest BCUT2D eigenvalue weighted by Gasteiger charge is -2.26. The molecule has 0 bridgehead atoms. The Kier molecular flexibility index (Phi) is 9.88. The van der Waals surface area contributed by atoms with Gasteiger partial charge in [-0.3, -0.25) is 4.98 Å². The summed E-state index contributed by atoms with van der Waals surface area (Å²) in [5.41, 5.74) is 16.3. The number of ether oxygens (including phenoxy) is 1. The molecule has 9 aromatic rings. The normalized spacial score (nSPS) is 11.8. The predicted octanol–water partition coefficient (Wildman–Crippen LogP) is 15.1. The fourth-order valence-electron chi connectivity index (χ4n) is 8.29. The molecule has 298 valence electrons. The third-order valence-corrected chi connectivity index (χ3v) is 11.7. The molecule has 0 aliphatic heterocycles. The van der Waals surface area contributed by atoms with E-state index in [1.165, 1.54) is 21.9 Å². The second-order valence-corrected chi connectivity index (χ2v) is 17.8. The summed E-state index contributed by atoms with van der Waals surface area (Å²) in [4.78, 5) is 13.9. The van der Waals surface area contributed by atoms with Crippen LogP contribution >= 0.6 is 0 Å². The first-order valence-electron chi connectivity index (χ1n) is 20.8. The second-order valence-electron chi connectivity index (χ2n) is 17.8. The summed E-state index contributed by atoms with van der Waals surface area (Å²) in [7, 11) is 1.71. The van der Waals surface area contributed by atoms with E-state index in [0.717, 1.165) is 78.5 Å². The minimum absolute atomic E-state index is 0.0279. The van der Waals surface area contributed by atoms with E-state index in [1.54, 1.807) is 7.11 Å². The first-order chi connectivity index (χ1) is 29.4. The number of para-hydroxylation sites is 3. The Hall–Kier alpha value is -7.29. The first kappa shape index (κ1) is 39.2. The first-order valence-corrected chi connectivity index (χ1v) is 20.8. The van der Waals surface area contributed by atoms with E-state index in [9.17, 15) is 0 Å². The summed E-state index contributed by atoms with van der Waals surface area (Å²) in [6.07, 6.45) is 1.90. The third-order valence-electron chi connectivity index (χ3n) is 11.7. The van der Waals surface area contributed by atoms with Gasteiger partial charge in [0, 0.05) is 44.9 Å². The fourth-order valence-corrected chi connectivity index (χ4v) is 8.29. The maximum atomic E-state index is 7.51. The minimum atomic E-state index is -0.0279. The Morgan fingerprint density at radius 3 is 1.85 bits per heavy atom. The van der Waals surface area contributed by atoms with Crippen molar-refractivity contribution in [3.8, 4) is 67.5 Å². The van der Waals surface area contributed by atoms with Crippen molar-refractivity contribution >= 4 is 27.5 Å². The molecule has 5 heteroatoms. The van der Waals surface area contributed by atoms with Crippen molar-refractivity contribution < 1.29 is 4.74 Å². The van der Waals surface area contributed by atoms with Crippen LogP contribution in [0.2, 0.25) is 0 Å². The highest BCUT2D eigenvalue weighted by Gasteiger charge is 2.23. The average Bonchev–Trinajstić information content (AvgIpc) is 3.63. The van der Waals surface area contributed by atoms with Gasteiger partial charge in [-0.25, -0.2) is 9.83 Å². The van der Waals surface area contributed by atoms with Crippen LogP contribution in [0, 0.1) is 6.57 Å². The molecular formula is C56H48N4O. The van der Waals surface area contributed by atoms with Gasteiger partial charge < -0.3 is 9.30 Å². The molecule has 0 amide bonds. The van der Waals surface area contributed by atoms with Crippen molar-refractivity contribution in [3.63, 3.8) is 0 Å². The van der Waals surface area contributed by atoms with Crippen LogP contribution in [-0.2, 0) is 10.8 Å². The number of rotatable bonds is 7. The van der Waals surface area contributed by atoms with Gasteiger partial charge in [0.05, 0.1) is 41.8 Å². The molecule has 6 aromatic carbocycles. The lowest BCUT2D eigenvalue weighted by Crippen LogP contribution is -2.16. The summed E-state index contributed by atoms with van der Waals surface area (Å²) in [6, 6.07) is 55.3. The van der Waals surface area contributed by atoms with E-state index in [2.05, 4.69) is 166 Å². The zero-order chi connectivity index (χ0) is 42.5. The number of fused-ring (bicyclic) bond motifs is 3. The largest absolute Gasteiger partial charge is 0.496 e. The lowest BCUT2D eigenvalue weighted by molar-refractivity contribution is 0.416. The average molecular weight is 793 g/mol. The summed E-state index contributed by atoms with van der Waals surface area (Å²) in [5.74, 6) is 0.779. The van der Waals surface area contributed by atoms with Crippen LogP contribution in [0.1, 0.15) is 52.7 Å². The highest BCUT2D eigenvalue weighted by molar-refractivity contribution is 6.13. The molecule has 3 aromatic heterocycles. The van der Waals surface area contributed by atoms with E-state index in [0.29, 0.717) is 5.69 Å². The van der Waals surface area contributed by atoms with Crippen LogP contribution in [0.25, 0.3) is 88.4 Å². The van der Waals surface area contributed by atoms with Crippen LogP contribution in [0.3, 0.4) is 0 Å². The van der Waals surface area contributed by atoms with Gasteiger partial charge in [-0.1, -0.05) is 139 Å². The molecule has 0 spiro atoms. The van der Waals surface area contributed by atoms with Gasteiger partial charge in [-0.2, -0.15) is 0 Å². The topological polar surface area (TPSA) is 44.3 Å². The van der Waals surface area contributed by atoms with Crippen molar-refractivity contribution in [3.05, 3.63) is 186 Å². The Labute approximate surface area is 358 Å². The van der Waals surface area contributed by atoms with E-state index in [1.807, 2.05) is 48.7 Å². The third kappa shape index (κ3) is 7.47. The lowest BCUT2D eigenvalue weighted by atomic mass is 9.79. The molecule has 61 heavy (non-hydrogen) atoms. The molecule has 0 aliphatic carbocycles. The highest BCUT2D eigenvalue weighted by atomic mass is 16.5. The maximum Gasteiger partial charge on any atom is 0.187 e. The molecule has 0 saturated carbocycles. The highest BCUT2D eigenvalue weighted by Crippen LogP contribution is 2.41. The SMILES string of the molecule is [C-]#[N+]c1ccc(-n2c3ccccc3c3cccc(-c4ccnc(-c5cccc(-c6cc(-c7cc(C(C)(C)C)cc(C(C)(C)C)c7)cc(-c7ccccc7OC)n6)c5)c4)c32)cc1. The van der Waals surface area contributed by atoms with E-state index < -0.39 is 0 Å². The smallest absolute Gasteiger partial charge is 0.187 e. The summed E-state index contributed by atoms with van der Waals surface area (Å²) >= 11 is 0. The number of hydrogen-bond acceptors (Lipinski definition) is 3. The molecule has 0 unspecified atom stereocenters. The zero-order valence-electron chi connectivity index (χ0n) is 35.8. The van der Waals surface area contributed by atoms with Crippen LogP contribution in [0.15, 0.2) is 164 Å². The zero-order valence-corrected chi connectivity index (χ0v) is 35.8. The molecule has 0 saturated heterocycles. The van der Waals surface area contributed by atoms with Crippen molar-refractivity contribution in [1.82, 2.24) is 14.5 Å². The molecule has 0 fully saturated rings. The molecular weight excluding hydrogens is 745 g/mol. The van der Waals surface area contributed by atoms with Crippen molar-refractivity contribution in [2.75, 3.05) is 7.11 Å². The number of nitrogens with zero attached hydrogens (tertiary/aromatic N) is 4. The quantitative estimate of drug-likeness (QED) is 0.151. The van der Waals surface area contributed by atoms with Gasteiger partial charge in [0.1, 0.15) is 5.75 Å². The van der Waals surface area contributed by atoms with Gasteiger partial charge in [-0.15, -0.1) is 0 Å². The fraction of sp³-hybridized carbons (Fsp3) is 0.161. The minimum Gasteiger partial charge on any atom is -0.496 e. The number of benzene rings is 6. The van der Waals surface area contributed by atoms with Crippen molar-refractivity contribution in [2.45, 2.75) is 52.4 Å². The Balaban J connectivity index is 1.19. The standard InChI is InChI=1S/C56H48N4O/c1-55(2,3)41-30-39(31-42(35-41)56(4,5)6)40-33-50(59-51(34-40)48-18-10-12-22-53(48)61-8)38-16-13-15-37(29-38)49-32-36(27-28-58-49)45-19-14-20-47-46-17-9-11-21-52(46)60(54(45)47)44-25-23-43(57-7)24-26-44/h9-35H,1-6,8H3. The summed E-state index contributed by atoms with van der Waals surface area (Å²) in [5, 5.41) is 2.35. The van der Waals surface area contributed by atoms with E-state index >= 15 is 0 Å². The Bertz CT molecular complexity index is 3120. The summed E-state index contributed by atoms with van der Waals surface area (Å²) in [6.45, 7) is 21.2. The van der Waals surface area contributed by atoms with Crippen molar-refractivity contribution in [1.29, 1.82) is 0 Å². The molecule has 9 rings (SSSR count). The van der Waals surface area contributed by atoms with E-state index in [4.69, 9.17) is 21.3 Å². The molecule has 0 atom stereocenters. The van der Waals surface area contributed by atoms with Crippen molar-refractivity contribution in [2.24, 2.45) is 0 Å². The van der Waals surface area contributed by atoms with Gasteiger partial charge >= 0.3 is 0 Å². The van der Waals surface area contributed by atoms with E-state index in [-0.39, 0.29) is 10.8 Å². The molecule has 3 heterocycles. The number of hydrogen-bond donors (Lipinski definition) is 0. The van der Waals surface area contributed by atoms with Crippen LogP contribution in [0.4, 0.5) is 5.69 Å². The predicted molar refractivity (Wildman–Crippen MR) is 254 cm³/mol.